The fourth-order valence-electron chi connectivity index (χ4n) is 4.31. The molecule has 0 aromatic heterocycles. The van der Waals surface area contributed by atoms with Gasteiger partial charge in [0.05, 0.1) is 19.8 Å². The second-order valence-electron chi connectivity index (χ2n) is 10.2. The van der Waals surface area contributed by atoms with Gasteiger partial charge in [-0.1, -0.05) is 33.1 Å². The second kappa shape index (κ2) is 18.2. The van der Waals surface area contributed by atoms with E-state index in [-0.39, 0.29) is 26.1 Å². The lowest BCUT2D eigenvalue weighted by Gasteiger charge is -2.42. The molecule has 2 aliphatic heterocycles. The summed E-state index contributed by atoms with van der Waals surface area (Å²) in [6.45, 7) is 1.95. The Morgan fingerprint density at radius 2 is 1.29 bits per heavy atom. The zero-order valence-electron chi connectivity index (χ0n) is 23.5. The average Bonchev–Trinajstić information content (AvgIpc) is 2.95. The third kappa shape index (κ3) is 10.9. The molecule has 11 atom stereocenters. The predicted octanol–water partition coefficient (Wildman–Crippen LogP) is -2.15. The first kappa shape index (κ1) is 35.7. The molecule has 0 unspecified atom stereocenters. The van der Waals surface area contributed by atoms with E-state index in [1.165, 1.54) is 0 Å². The van der Waals surface area contributed by atoms with E-state index in [2.05, 4.69) is 0 Å². The molecule has 15 nitrogen and oxygen atoms in total. The number of esters is 2. The van der Waals surface area contributed by atoms with Gasteiger partial charge in [-0.2, -0.15) is 0 Å². The van der Waals surface area contributed by atoms with Crippen LogP contribution in [0, 0.1) is 0 Å². The van der Waals surface area contributed by atoms with Crippen LogP contribution >= 0.6 is 0 Å². The van der Waals surface area contributed by atoms with Gasteiger partial charge < -0.3 is 64.2 Å². The summed E-state index contributed by atoms with van der Waals surface area (Å²) in [7, 11) is 0. The number of aliphatic hydroxyl groups is 7. The highest BCUT2D eigenvalue weighted by molar-refractivity contribution is 5.70. The van der Waals surface area contributed by atoms with Crippen LogP contribution in [0.4, 0.5) is 0 Å². The number of unbranched alkanes of at least 4 members (excludes halogenated alkanes) is 3. The van der Waals surface area contributed by atoms with E-state index in [1.54, 1.807) is 6.92 Å². The molecule has 2 aliphatic rings. The van der Waals surface area contributed by atoms with Crippen LogP contribution in [-0.2, 0) is 38.0 Å². The van der Waals surface area contributed by atoms with Crippen molar-refractivity contribution in [2.24, 2.45) is 0 Å². The van der Waals surface area contributed by atoms with Crippen LogP contribution in [-0.4, -0.2) is 142 Å². The first-order valence-corrected chi connectivity index (χ1v) is 14.1. The molecule has 0 aromatic carbocycles. The molecule has 0 bridgehead atoms. The van der Waals surface area contributed by atoms with Gasteiger partial charge in [0.1, 0.15) is 55.4 Å². The van der Waals surface area contributed by atoms with Crippen LogP contribution in [0.15, 0.2) is 0 Å². The molecule has 0 spiro atoms. The summed E-state index contributed by atoms with van der Waals surface area (Å²) in [5.74, 6) is -1.01. The number of hydrogen-bond acceptors (Lipinski definition) is 15. The molecule has 0 aromatic rings. The smallest absolute Gasteiger partial charge is 0.306 e. The summed E-state index contributed by atoms with van der Waals surface area (Å²) in [6, 6.07) is 0. The van der Waals surface area contributed by atoms with Crippen molar-refractivity contribution in [3.8, 4) is 0 Å². The lowest BCUT2D eigenvalue weighted by molar-refractivity contribution is -0.332. The topological polar surface area (TPSA) is 231 Å². The second-order valence-corrected chi connectivity index (χ2v) is 10.2. The van der Waals surface area contributed by atoms with Crippen molar-refractivity contribution in [3.63, 3.8) is 0 Å². The van der Waals surface area contributed by atoms with Crippen molar-refractivity contribution < 1.29 is 73.8 Å². The van der Waals surface area contributed by atoms with Crippen molar-refractivity contribution in [3.05, 3.63) is 0 Å². The molecular weight excluding hydrogens is 552 g/mol. The highest BCUT2D eigenvalue weighted by atomic mass is 16.7. The molecule has 0 radical (unpaired) electrons. The number of rotatable bonds is 17. The Balaban J connectivity index is 1.98. The molecule has 0 aliphatic carbocycles. The minimum atomic E-state index is -1.75. The van der Waals surface area contributed by atoms with Gasteiger partial charge in [-0.05, 0) is 12.8 Å². The monoisotopic (exact) mass is 598 g/mol. The molecule has 7 N–H and O–H groups in total. The van der Waals surface area contributed by atoms with E-state index in [1.807, 2.05) is 6.92 Å². The van der Waals surface area contributed by atoms with E-state index in [4.69, 9.17) is 28.4 Å². The van der Waals surface area contributed by atoms with Crippen molar-refractivity contribution >= 4 is 11.9 Å². The Hall–Kier alpha value is -1.50. The molecule has 2 heterocycles. The minimum absolute atomic E-state index is 0.157. The third-order valence-electron chi connectivity index (χ3n) is 6.81. The molecule has 2 rings (SSSR count). The summed E-state index contributed by atoms with van der Waals surface area (Å²) < 4.78 is 32.4. The van der Waals surface area contributed by atoms with Crippen LogP contribution in [0.1, 0.15) is 58.8 Å². The maximum atomic E-state index is 12.3. The van der Waals surface area contributed by atoms with Crippen molar-refractivity contribution in [2.75, 3.05) is 26.4 Å². The molecular formula is C26H46O15. The van der Waals surface area contributed by atoms with Crippen molar-refractivity contribution in [1.82, 2.24) is 0 Å². The summed E-state index contributed by atoms with van der Waals surface area (Å²) in [5.41, 5.74) is 0. The van der Waals surface area contributed by atoms with Crippen molar-refractivity contribution in [1.29, 1.82) is 0 Å². The van der Waals surface area contributed by atoms with Crippen LogP contribution in [0.3, 0.4) is 0 Å². The van der Waals surface area contributed by atoms with Crippen LogP contribution in [0.25, 0.3) is 0 Å². The zero-order chi connectivity index (χ0) is 30.5. The fourth-order valence-corrected chi connectivity index (χ4v) is 4.31. The van der Waals surface area contributed by atoms with E-state index >= 15 is 0 Å². The maximum absolute atomic E-state index is 12.3. The normalized spacial score (nSPS) is 34.7. The Labute approximate surface area is 238 Å². The van der Waals surface area contributed by atoms with E-state index in [0.717, 1.165) is 19.3 Å². The van der Waals surface area contributed by atoms with E-state index in [9.17, 15) is 45.3 Å². The summed E-state index contributed by atoms with van der Waals surface area (Å²) in [4.78, 5) is 24.2. The maximum Gasteiger partial charge on any atom is 0.306 e. The van der Waals surface area contributed by atoms with Gasteiger partial charge in [-0.3, -0.25) is 9.59 Å². The SMILES string of the molecule is CCCCCCC(=O)O[C@H](COC(=O)CCC)CO[C@@H]1O[C@H](CO[C@H]2O[C@H](CO)[C@H](O)[C@H](O)[C@H]2O)[C@H](O)[C@H](O)[C@H]1O. The lowest BCUT2D eigenvalue weighted by atomic mass is 9.98. The highest BCUT2D eigenvalue weighted by Gasteiger charge is 2.47. The molecule has 240 valence electrons. The van der Waals surface area contributed by atoms with Gasteiger partial charge in [0, 0.05) is 12.8 Å². The van der Waals surface area contributed by atoms with Gasteiger partial charge >= 0.3 is 11.9 Å². The zero-order valence-corrected chi connectivity index (χ0v) is 23.5. The van der Waals surface area contributed by atoms with Gasteiger partial charge in [-0.25, -0.2) is 0 Å². The molecule has 15 heteroatoms. The number of ether oxygens (including phenoxy) is 6. The predicted molar refractivity (Wildman–Crippen MR) is 137 cm³/mol. The number of hydrogen-bond donors (Lipinski definition) is 7. The molecule has 2 saturated heterocycles. The van der Waals surface area contributed by atoms with Crippen LogP contribution < -0.4 is 0 Å². The first-order valence-electron chi connectivity index (χ1n) is 14.1. The Morgan fingerprint density at radius 1 is 0.683 bits per heavy atom. The molecule has 0 saturated carbocycles. The Morgan fingerprint density at radius 3 is 1.90 bits per heavy atom. The lowest BCUT2D eigenvalue weighted by Crippen LogP contribution is -2.61. The van der Waals surface area contributed by atoms with Crippen LogP contribution in [0.5, 0.6) is 0 Å². The van der Waals surface area contributed by atoms with Crippen molar-refractivity contribution in [2.45, 2.75) is 126 Å². The van der Waals surface area contributed by atoms with Gasteiger partial charge in [-0.15, -0.1) is 0 Å². The molecule has 2 fully saturated rings. The largest absolute Gasteiger partial charge is 0.462 e. The van der Waals surface area contributed by atoms with Crippen LogP contribution in [0.2, 0.25) is 0 Å². The summed E-state index contributed by atoms with van der Waals surface area (Å²) in [5, 5.41) is 70.5. The summed E-state index contributed by atoms with van der Waals surface area (Å²) in [6.07, 6.45) is -12.4. The number of carbonyl (C=O) groups is 2. The number of aliphatic hydroxyl groups excluding tert-OH is 7. The van der Waals surface area contributed by atoms with Gasteiger partial charge in [0.25, 0.3) is 0 Å². The van der Waals surface area contributed by atoms with E-state index < -0.39 is 92.7 Å². The Kier molecular flexibility index (Phi) is 15.9. The number of carbonyl (C=O) groups excluding carboxylic acids is 2. The Bertz CT molecular complexity index is 767. The quantitative estimate of drug-likeness (QED) is 0.0699. The third-order valence-corrected chi connectivity index (χ3v) is 6.81. The minimum Gasteiger partial charge on any atom is -0.462 e. The standard InChI is InChI=1S/C26H46O15/c1-3-5-6-7-9-18(29)39-14(11-36-17(28)8-4-2)12-37-25-24(35)22(33)20(31)16(41-25)13-38-26-23(34)21(32)19(30)15(10-27)40-26/h14-16,19-27,30-35H,3-13H2,1-2H3/t14-,15-,16-,19+,20+,21+,22+,23-,24-,25-,26+/m1/s1. The molecule has 41 heavy (non-hydrogen) atoms. The van der Waals surface area contributed by atoms with Gasteiger partial charge in [0.15, 0.2) is 18.7 Å². The van der Waals surface area contributed by atoms with Gasteiger partial charge in [0.2, 0.25) is 0 Å². The van der Waals surface area contributed by atoms with E-state index in [0.29, 0.717) is 12.8 Å². The fraction of sp³-hybridized carbons (Fsp3) is 0.923. The molecule has 0 amide bonds. The highest BCUT2D eigenvalue weighted by Crippen LogP contribution is 2.26. The first-order chi connectivity index (χ1) is 19.5. The average molecular weight is 599 g/mol. The summed E-state index contributed by atoms with van der Waals surface area (Å²) >= 11 is 0.